The summed E-state index contributed by atoms with van der Waals surface area (Å²) in [6.45, 7) is 0. The van der Waals surface area contributed by atoms with Gasteiger partial charge in [-0.15, -0.1) is 0 Å². The van der Waals surface area contributed by atoms with Gasteiger partial charge in [0.25, 0.3) is 5.91 Å². The summed E-state index contributed by atoms with van der Waals surface area (Å²) in [4.78, 5) is 13.6. The van der Waals surface area contributed by atoms with Crippen LogP contribution in [0.4, 0.5) is 0 Å². The second-order valence-electron chi connectivity index (χ2n) is 4.03. The van der Waals surface area contributed by atoms with Gasteiger partial charge in [0.1, 0.15) is 0 Å². The third-order valence-corrected chi connectivity index (χ3v) is 2.59. The minimum absolute atomic E-state index is 0.0217. The molecule has 1 radical (unpaired) electrons. The van der Waals surface area contributed by atoms with Crippen molar-refractivity contribution in [3.8, 4) is 11.1 Å². The number of benzene rings is 2. The van der Waals surface area contributed by atoms with E-state index in [4.69, 9.17) is 0 Å². The molecule has 0 aliphatic carbocycles. The lowest BCUT2D eigenvalue weighted by Gasteiger charge is -2.14. The lowest BCUT2D eigenvalue weighted by atomic mass is 9.99. The Morgan fingerprint density at radius 3 is 2.35 bits per heavy atom. The number of amides is 1. The first-order valence-corrected chi connectivity index (χ1v) is 5.47. The van der Waals surface area contributed by atoms with Crippen molar-refractivity contribution in [1.82, 2.24) is 4.90 Å². The van der Waals surface area contributed by atoms with Gasteiger partial charge in [0, 0.05) is 19.7 Å². The molecule has 2 nitrogen and oxygen atoms in total. The molecule has 0 saturated carbocycles. The molecule has 0 fully saturated rings. The largest absolute Gasteiger partial charge is 0.345 e. The number of carbonyl (C=O) groups is 1. The van der Waals surface area contributed by atoms with Crippen molar-refractivity contribution in [3.63, 3.8) is 0 Å². The third-order valence-electron chi connectivity index (χ3n) is 2.59. The van der Waals surface area contributed by atoms with Crippen molar-refractivity contribution in [3.05, 3.63) is 60.2 Å². The van der Waals surface area contributed by atoms with E-state index in [9.17, 15) is 4.79 Å². The monoisotopic (exact) mass is 224 g/mol. The van der Waals surface area contributed by atoms with Gasteiger partial charge in [-0.05, 0) is 23.3 Å². The maximum Gasteiger partial charge on any atom is 0.253 e. The van der Waals surface area contributed by atoms with Gasteiger partial charge in [-0.1, -0.05) is 42.5 Å². The highest BCUT2D eigenvalue weighted by atomic mass is 16.2. The lowest BCUT2D eigenvalue weighted by molar-refractivity contribution is 0.0828. The minimum Gasteiger partial charge on any atom is -0.345 e. The quantitative estimate of drug-likeness (QED) is 0.768. The fourth-order valence-corrected chi connectivity index (χ4v) is 1.73. The molecule has 0 aliphatic heterocycles. The Balaban J connectivity index is 2.52. The molecule has 2 aromatic rings. The van der Waals surface area contributed by atoms with Crippen LogP contribution >= 0.6 is 0 Å². The van der Waals surface area contributed by atoms with Crippen molar-refractivity contribution >= 4 is 5.91 Å². The third kappa shape index (κ3) is 2.36. The maximum absolute atomic E-state index is 12.1. The summed E-state index contributed by atoms with van der Waals surface area (Å²) in [6.07, 6.45) is 0. The molecule has 0 spiro atoms. The summed E-state index contributed by atoms with van der Waals surface area (Å²) in [5, 5.41) is 0. The van der Waals surface area contributed by atoms with Crippen LogP contribution < -0.4 is 0 Å². The summed E-state index contributed by atoms with van der Waals surface area (Å²) in [6, 6.07) is 18.3. The van der Waals surface area contributed by atoms with Crippen LogP contribution in [0, 0.1) is 6.07 Å². The molecule has 2 rings (SSSR count). The summed E-state index contributed by atoms with van der Waals surface area (Å²) in [5.41, 5.74) is 2.72. The Hall–Kier alpha value is -2.09. The zero-order chi connectivity index (χ0) is 12.3. The lowest BCUT2D eigenvalue weighted by Crippen LogP contribution is -2.22. The number of rotatable bonds is 2. The Labute approximate surface area is 102 Å². The van der Waals surface area contributed by atoms with Gasteiger partial charge in [-0.3, -0.25) is 4.79 Å². The smallest absolute Gasteiger partial charge is 0.253 e. The van der Waals surface area contributed by atoms with Crippen LogP contribution in [0.1, 0.15) is 10.4 Å². The number of nitrogens with zero attached hydrogens (tertiary/aromatic N) is 1. The molecule has 85 valence electrons. The molecule has 0 unspecified atom stereocenters. The fourth-order valence-electron chi connectivity index (χ4n) is 1.73. The first kappa shape index (κ1) is 11.4. The Morgan fingerprint density at radius 1 is 1.06 bits per heavy atom. The zero-order valence-corrected chi connectivity index (χ0v) is 9.97. The van der Waals surface area contributed by atoms with Gasteiger partial charge in [0.05, 0.1) is 0 Å². The average molecular weight is 224 g/mol. The highest BCUT2D eigenvalue weighted by Crippen LogP contribution is 2.23. The molecular weight excluding hydrogens is 210 g/mol. The van der Waals surface area contributed by atoms with E-state index in [1.165, 1.54) is 0 Å². The fraction of sp³-hybridized carbons (Fsp3) is 0.133. The van der Waals surface area contributed by atoms with Crippen LogP contribution in [0.2, 0.25) is 0 Å². The molecule has 0 aromatic heterocycles. The van der Waals surface area contributed by atoms with Crippen molar-refractivity contribution in [2.75, 3.05) is 14.1 Å². The van der Waals surface area contributed by atoms with Gasteiger partial charge in [-0.2, -0.15) is 0 Å². The maximum atomic E-state index is 12.1. The first-order valence-electron chi connectivity index (χ1n) is 5.47. The molecule has 0 bridgehead atoms. The van der Waals surface area contributed by atoms with Crippen LogP contribution in [0.25, 0.3) is 11.1 Å². The van der Waals surface area contributed by atoms with Gasteiger partial charge in [0.15, 0.2) is 0 Å². The number of carbonyl (C=O) groups excluding carboxylic acids is 1. The number of hydrogen-bond acceptors (Lipinski definition) is 1. The molecule has 0 aliphatic rings. The second-order valence-corrected chi connectivity index (χ2v) is 4.03. The van der Waals surface area contributed by atoms with E-state index in [-0.39, 0.29) is 5.91 Å². The molecule has 1 amide bonds. The Morgan fingerprint density at radius 2 is 1.71 bits per heavy atom. The highest BCUT2D eigenvalue weighted by molar-refractivity contribution is 6.00. The average Bonchev–Trinajstić information content (AvgIpc) is 2.39. The summed E-state index contributed by atoms with van der Waals surface area (Å²) in [5.74, 6) is 0.0217. The molecule has 0 heterocycles. The van der Waals surface area contributed by atoms with Crippen molar-refractivity contribution in [1.29, 1.82) is 0 Å². The predicted molar refractivity (Wildman–Crippen MR) is 68.7 cm³/mol. The molecular formula is C15H14NO. The van der Waals surface area contributed by atoms with Crippen LogP contribution in [0.5, 0.6) is 0 Å². The second kappa shape index (κ2) is 4.83. The van der Waals surface area contributed by atoms with E-state index < -0.39 is 0 Å². The van der Waals surface area contributed by atoms with Crippen molar-refractivity contribution < 1.29 is 4.79 Å². The molecule has 0 atom stereocenters. The van der Waals surface area contributed by atoms with E-state index in [0.29, 0.717) is 0 Å². The van der Waals surface area contributed by atoms with Crippen LogP contribution in [-0.2, 0) is 0 Å². The zero-order valence-electron chi connectivity index (χ0n) is 9.97. The topological polar surface area (TPSA) is 20.3 Å². The van der Waals surface area contributed by atoms with E-state index >= 15 is 0 Å². The van der Waals surface area contributed by atoms with Crippen molar-refractivity contribution in [2.45, 2.75) is 0 Å². The van der Waals surface area contributed by atoms with E-state index in [2.05, 4.69) is 6.07 Å². The molecule has 0 saturated heterocycles. The Bertz CT molecular complexity index is 517. The van der Waals surface area contributed by atoms with E-state index in [0.717, 1.165) is 16.7 Å². The Kier molecular flexibility index (Phi) is 3.24. The van der Waals surface area contributed by atoms with E-state index in [1.54, 1.807) is 19.0 Å². The molecule has 2 heteroatoms. The van der Waals surface area contributed by atoms with E-state index in [1.807, 2.05) is 48.5 Å². The first-order chi connectivity index (χ1) is 8.20. The van der Waals surface area contributed by atoms with Gasteiger partial charge < -0.3 is 4.90 Å². The van der Waals surface area contributed by atoms with Crippen LogP contribution in [0.15, 0.2) is 48.5 Å². The van der Waals surface area contributed by atoms with Gasteiger partial charge in [0.2, 0.25) is 0 Å². The molecule has 2 aromatic carbocycles. The van der Waals surface area contributed by atoms with Crippen LogP contribution in [-0.4, -0.2) is 24.9 Å². The number of hydrogen-bond donors (Lipinski definition) is 0. The molecule has 17 heavy (non-hydrogen) atoms. The van der Waals surface area contributed by atoms with Crippen molar-refractivity contribution in [2.24, 2.45) is 0 Å². The highest BCUT2D eigenvalue weighted by Gasteiger charge is 2.13. The standard InChI is InChI=1S/C15H14NO/c1-16(2)15(17)14-11-7-6-10-13(14)12-8-4-3-5-9-12/h4-11H,1-2H3. The SMILES string of the molecule is CN(C)C(=O)c1ccccc1-c1cc[c]cc1. The minimum atomic E-state index is 0.0217. The van der Waals surface area contributed by atoms with Gasteiger partial charge in [-0.25, -0.2) is 0 Å². The van der Waals surface area contributed by atoms with Gasteiger partial charge >= 0.3 is 0 Å². The summed E-state index contributed by atoms with van der Waals surface area (Å²) >= 11 is 0. The normalized spacial score (nSPS) is 10.0. The predicted octanol–water partition coefficient (Wildman–Crippen LogP) is 2.86. The summed E-state index contributed by atoms with van der Waals surface area (Å²) < 4.78 is 0. The van der Waals surface area contributed by atoms with Crippen LogP contribution in [0.3, 0.4) is 0 Å². The summed E-state index contributed by atoms with van der Waals surface area (Å²) in [7, 11) is 3.52. The molecule has 0 N–H and O–H groups in total.